The highest BCUT2D eigenvalue weighted by Gasteiger charge is 2.36. The molecule has 7 heteroatoms. The molecule has 4 nitrogen and oxygen atoms in total. The summed E-state index contributed by atoms with van der Waals surface area (Å²) < 4.78 is 11.2. The van der Waals surface area contributed by atoms with Crippen LogP contribution in [-0.4, -0.2) is 78.9 Å². The highest BCUT2D eigenvalue weighted by Crippen LogP contribution is 2.64. The van der Waals surface area contributed by atoms with E-state index in [-0.39, 0.29) is 15.9 Å². The van der Waals surface area contributed by atoms with E-state index in [1.807, 2.05) is 0 Å². The lowest BCUT2D eigenvalue weighted by Crippen LogP contribution is -2.33. The minimum atomic E-state index is -1.06. The maximum atomic E-state index is 12.8. The maximum Gasteiger partial charge on any atom is 0.339 e. The molecule has 0 aliphatic carbocycles. The van der Waals surface area contributed by atoms with Gasteiger partial charge in [-0.1, -0.05) is 51.8 Å². The number of carbonyl (C=O) groups excluding carboxylic acids is 2. The molecule has 0 radical (unpaired) electrons. The number of ether oxygens (including phenoxy) is 2. The summed E-state index contributed by atoms with van der Waals surface area (Å²) in [6, 6.07) is 16.0. The number of hydrogen-bond acceptors (Lipinski definition) is 4. The molecule has 0 aromatic heterocycles. The summed E-state index contributed by atoms with van der Waals surface area (Å²) in [5, 5.41) is 2.16. The lowest BCUT2D eigenvalue weighted by molar-refractivity contribution is 0.0449. The standard InChI is InChI=1S/C34H54O4S3/c1-12-39(6,7)26-34(4,5)41(10,11)29-20-18-28(19-21-29)40(8,9)25-15-23-37-32(35)30-16-13-14-17-31(30)33(36)38-24-22-27(2)3/h12-14,16-21,27H,1,15,22-26H2,2-11H3. The minimum absolute atomic E-state index is 0.206. The van der Waals surface area contributed by atoms with E-state index in [4.69, 9.17) is 9.47 Å². The zero-order valence-corrected chi connectivity index (χ0v) is 29.5. The zero-order valence-electron chi connectivity index (χ0n) is 27.1. The van der Waals surface area contributed by atoms with Crippen molar-refractivity contribution in [2.45, 2.75) is 55.1 Å². The Morgan fingerprint density at radius 1 is 0.829 bits per heavy atom. The third-order valence-corrected chi connectivity index (χ3v) is 17.7. The quantitative estimate of drug-likeness (QED) is 0.147. The summed E-state index contributed by atoms with van der Waals surface area (Å²) in [6.07, 6.45) is 15.8. The van der Waals surface area contributed by atoms with Crippen LogP contribution in [0, 0.1) is 5.92 Å². The van der Waals surface area contributed by atoms with Gasteiger partial charge in [-0.25, -0.2) is 39.7 Å². The van der Waals surface area contributed by atoms with Gasteiger partial charge in [-0.3, -0.25) is 0 Å². The van der Waals surface area contributed by atoms with Crippen molar-refractivity contribution >= 4 is 42.0 Å². The van der Waals surface area contributed by atoms with Crippen molar-refractivity contribution in [3.63, 3.8) is 0 Å². The van der Waals surface area contributed by atoms with Gasteiger partial charge in [0.2, 0.25) is 0 Å². The van der Waals surface area contributed by atoms with Gasteiger partial charge in [0.15, 0.2) is 0 Å². The molecule has 0 fully saturated rings. The summed E-state index contributed by atoms with van der Waals surface area (Å²) in [7, 11) is -2.91. The summed E-state index contributed by atoms with van der Waals surface area (Å²) in [5.74, 6) is 1.61. The van der Waals surface area contributed by atoms with Crippen LogP contribution in [0.15, 0.2) is 70.3 Å². The number of rotatable bonds is 15. The molecule has 0 spiro atoms. The first-order valence-corrected chi connectivity index (χ1v) is 22.0. The lowest BCUT2D eigenvalue weighted by atomic mass is 10.1. The van der Waals surface area contributed by atoms with Crippen LogP contribution in [0.25, 0.3) is 0 Å². The molecule has 0 heterocycles. The van der Waals surface area contributed by atoms with Crippen LogP contribution < -0.4 is 0 Å². The second kappa shape index (κ2) is 14.6. The fourth-order valence-corrected chi connectivity index (χ4v) is 12.1. The van der Waals surface area contributed by atoms with Crippen molar-refractivity contribution < 1.29 is 19.1 Å². The molecule has 0 amide bonds. The Morgan fingerprint density at radius 3 is 1.80 bits per heavy atom. The number of carbonyl (C=O) groups is 2. The molecule has 0 unspecified atom stereocenters. The topological polar surface area (TPSA) is 52.6 Å². The lowest BCUT2D eigenvalue weighted by Gasteiger charge is -2.51. The van der Waals surface area contributed by atoms with E-state index >= 15 is 0 Å². The molecule has 0 aliphatic rings. The van der Waals surface area contributed by atoms with Gasteiger partial charge in [0.1, 0.15) is 0 Å². The van der Waals surface area contributed by atoms with Gasteiger partial charge >= 0.3 is 11.9 Å². The predicted molar refractivity (Wildman–Crippen MR) is 186 cm³/mol. The Kier molecular flexibility index (Phi) is 12.6. The van der Waals surface area contributed by atoms with Crippen molar-refractivity contribution in [2.24, 2.45) is 5.92 Å². The van der Waals surface area contributed by atoms with Gasteiger partial charge in [-0.05, 0) is 114 Å². The van der Waals surface area contributed by atoms with Crippen LogP contribution in [0.3, 0.4) is 0 Å². The van der Waals surface area contributed by atoms with Gasteiger partial charge in [-0.15, -0.1) is 0 Å². The Bertz CT molecular complexity index is 1180. The van der Waals surface area contributed by atoms with Gasteiger partial charge in [0.05, 0.1) is 24.3 Å². The second-order valence-corrected chi connectivity index (χ2v) is 25.1. The minimum Gasteiger partial charge on any atom is -0.462 e. The largest absolute Gasteiger partial charge is 0.462 e. The van der Waals surface area contributed by atoms with E-state index < -0.39 is 42.0 Å². The van der Waals surface area contributed by atoms with Gasteiger partial charge in [0, 0.05) is 4.75 Å². The van der Waals surface area contributed by atoms with E-state index in [0.29, 0.717) is 19.1 Å². The molecule has 41 heavy (non-hydrogen) atoms. The smallest absolute Gasteiger partial charge is 0.339 e. The van der Waals surface area contributed by atoms with E-state index in [0.717, 1.165) is 18.6 Å². The Morgan fingerprint density at radius 2 is 1.32 bits per heavy atom. The van der Waals surface area contributed by atoms with E-state index in [2.05, 4.69) is 101 Å². The Hall–Kier alpha value is -1.83. The first-order valence-electron chi connectivity index (χ1n) is 14.2. The first kappa shape index (κ1) is 35.4. The van der Waals surface area contributed by atoms with Gasteiger partial charge in [0.25, 0.3) is 0 Å². The molecular weight excluding hydrogens is 569 g/mol. The third kappa shape index (κ3) is 9.86. The molecule has 0 saturated carbocycles. The molecule has 0 saturated heterocycles. The van der Waals surface area contributed by atoms with Crippen molar-refractivity contribution in [3.8, 4) is 0 Å². The zero-order chi connectivity index (χ0) is 31.1. The number of benzene rings is 2. The summed E-state index contributed by atoms with van der Waals surface area (Å²) in [6.45, 7) is 13.7. The van der Waals surface area contributed by atoms with E-state index in [1.54, 1.807) is 24.3 Å². The van der Waals surface area contributed by atoms with Gasteiger partial charge in [-0.2, -0.15) is 0 Å². The first-order chi connectivity index (χ1) is 18.9. The van der Waals surface area contributed by atoms with Crippen LogP contribution in [-0.2, 0) is 9.47 Å². The normalized spacial score (nSPS) is 13.9. The molecule has 2 aromatic carbocycles. The maximum absolute atomic E-state index is 12.8. The molecule has 2 rings (SSSR count). The van der Waals surface area contributed by atoms with Crippen molar-refractivity contribution in [3.05, 3.63) is 71.6 Å². The fourth-order valence-electron chi connectivity index (χ4n) is 4.65. The molecule has 232 valence electrons. The molecule has 0 bridgehead atoms. The average molecular weight is 623 g/mol. The Labute approximate surface area is 255 Å². The number of hydrogen-bond donors (Lipinski definition) is 0. The van der Waals surface area contributed by atoms with Crippen LogP contribution >= 0.6 is 30.1 Å². The second-order valence-electron chi connectivity index (χ2n) is 13.1. The summed E-state index contributed by atoms with van der Waals surface area (Å²) >= 11 is 0. The molecule has 2 aromatic rings. The van der Waals surface area contributed by atoms with Crippen LogP contribution in [0.2, 0.25) is 0 Å². The number of esters is 2. The molecule has 0 aliphatic heterocycles. The third-order valence-electron chi connectivity index (χ3n) is 7.93. The van der Waals surface area contributed by atoms with Crippen LogP contribution in [0.4, 0.5) is 0 Å². The van der Waals surface area contributed by atoms with Crippen molar-refractivity contribution in [1.29, 1.82) is 0 Å². The van der Waals surface area contributed by atoms with Crippen LogP contribution in [0.5, 0.6) is 0 Å². The van der Waals surface area contributed by atoms with Crippen LogP contribution in [0.1, 0.15) is 61.3 Å². The fraction of sp³-hybridized carbons (Fsp3) is 0.529. The van der Waals surface area contributed by atoms with E-state index in [1.165, 1.54) is 15.5 Å². The average Bonchev–Trinajstić information content (AvgIpc) is 2.90. The highest BCUT2D eigenvalue weighted by molar-refractivity contribution is 8.37. The highest BCUT2D eigenvalue weighted by atomic mass is 32.3. The predicted octanol–water partition coefficient (Wildman–Crippen LogP) is 8.97. The molecular formula is C34H54O4S3. The summed E-state index contributed by atoms with van der Waals surface area (Å²) in [5.41, 5.74) is 0.519. The molecule has 0 N–H and O–H groups in total. The molecule has 0 atom stereocenters. The van der Waals surface area contributed by atoms with E-state index in [9.17, 15) is 9.59 Å². The van der Waals surface area contributed by atoms with Gasteiger partial charge < -0.3 is 9.47 Å². The van der Waals surface area contributed by atoms with Crippen molar-refractivity contribution in [2.75, 3.05) is 62.3 Å². The monoisotopic (exact) mass is 622 g/mol. The summed E-state index contributed by atoms with van der Waals surface area (Å²) in [4.78, 5) is 28.2. The Balaban J connectivity index is 1.99. The van der Waals surface area contributed by atoms with Crippen molar-refractivity contribution in [1.82, 2.24) is 0 Å². The SMILES string of the molecule is C=CS(C)(C)CC(C)(C)S(C)(C)c1ccc(S(C)(C)CCCOC(=O)c2ccccc2C(=O)OCCC(C)C)cc1.